The molecule has 1 unspecified atom stereocenters. The highest BCUT2D eigenvalue weighted by molar-refractivity contribution is 4.86. The molecule has 0 aromatic rings. The lowest BCUT2D eigenvalue weighted by Crippen LogP contribution is -2.24. The summed E-state index contributed by atoms with van der Waals surface area (Å²) < 4.78 is 0. The summed E-state index contributed by atoms with van der Waals surface area (Å²) in [6.07, 6.45) is 1.38. The third-order valence-corrected chi connectivity index (χ3v) is 3.11. The highest BCUT2D eigenvalue weighted by Crippen LogP contribution is 2.35. The Labute approximate surface area is 70.8 Å². The first kappa shape index (κ1) is 9.05. The van der Waals surface area contributed by atoms with Crippen LogP contribution in [0.5, 0.6) is 0 Å². The Bertz CT molecular complexity index is 124. The van der Waals surface area contributed by atoms with Crippen LogP contribution < -0.4 is 0 Å². The number of nitrogens with zero attached hydrogens (tertiary/aromatic N) is 1. The molecule has 1 fully saturated rings. The van der Waals surface area contributed by atoms with Gasteiger partial charge in [0.15, 0.2) is 0 Å². The van der Waals surface area contributed by atoms with Crippen LogP contribution in [-0.4, -0.2) is 24.5 Å². The second kappa shape index (κ2) is 2.78. The second-order valence-electron chi connectivity index (χ2n) is 5.09. The molecule has 1 rings (SSSR count). The standard InChI is InChI=1S/C10H21N/c1-8-6-9(7-11(8)5)10(2,3)4/h8-9H,6-7H2,1-5H3/t8?,9-/m1/s1. The van der Waals surface area contributed by atoms with Crippen molar-refractivity contribution in [2.24, 2.45) is 11.3 Å². The average Bonchev–Trinajstić information content (AvgIpc) is 2.11. The molecule has 1 aliphatic heterocycles. The van der Waals surface area contributed by atoms with E-state index >= 15 is 0 Å². The van der Waals surface area contributed by atoms with E-state index in [1.807, 2.05) is 0 Å². The Morgan fingerprint density at radius 1 is 1.27 bits per heavy atom. The molecular formula is C10H21N. The van der Waals surface area contributed by atoms with Crippen molar-refractivity contribution in [2.75, 3.05) is 13.6 Å². The maximum atomic E-state index is 2.47. The summed E-state index contributed by atoms with van der Waals surface area (Å²) in [7, 11) is 2.23. The first-order valence-corrected chi connectivity index (χ1v) is 4.61. The quantitative estimate of drug-likeness (QED) is 0.519. The molecule has 1 saturated heterocycles. The third kappa shape index (κ3) is 1.96. The van der Waals surface area contributed by atoms with Crippen molar-refractivity contribution >= 4 is 0 Å². The first-order chi connectivity index (χ1) is 4.91. The fraction of sp³-hybridized carbons (Fsp3) is 1.00. The number of rotatable bonds is 0. The lowest BCUT2D eigenvalue weighted by Gasteiger charge is -2.26. The molecule has 0 aromatic carbocycles. The van der Waals surface area contributed by atoms with Crippen LogP contribution in [0.15, 0.2) is 0 Å². The fourth-order valence-electron chi connectivity index (χ4n) is 1.82. The lowest BCUT2D eigenvalue weighted by atomic mass is 9.79. The van der Waals surface area contributed by atoms with Crippen molar-refractivity contribution in [3.8, 4) is 0 Å². The Hall–Kier alpha value is -0.0400. The molecule has 66 valence electrons. The summed E-state index contributed by atoms with van der Waals surface area (Å²) >= 11 is 0. The highest BCUT2D eigenvalue weighted by Gasteiger charge is 2.33. The van der Waals surface area contributed by atoms with Gasteiger partial charge in [0, 0.05) is 12.6 Å². The third-order valence-electron chi connectivity index (χ3n) is 3.11. The van der Waals surface area contributed by atoms with Crippen LogP contribution in [0.4, 0.5) is 0 Å². The maximum Gasteiger partial charge on any atom is 0.00673 e. The van der Waals surface area contributed by atoms with Gasteiger partial charge >= 0.3 is 0 Å². The molecule has 0 amide bonds. The fourth-order valence-corrected chi connectivity index (χ4v) is 1.82. The van der Waals surface area contributed by atoms with E-state index in [1.165, 1.54) is 13.0 Å². The minimum absolute atomic E-state index is 0.499. The summed E-state index contributed by atoms with van der Waals surface area (Å²) in [6.45, 7) is 10.7. The summed E-state index contributed by atoms with van der Waals surface area (Å²) in [5.74, 6) is 0.891. The molecule has 0 saturated carbocycles. The Morgan fingerprint density at radius 3 is 2.00 bits per heavy atom. The Balaban J connectivity index is 2.54. The van der Waals surface area contributed by atoms with Gasteiger partial charge in [-0.2, -0.15) is 0 Å². The van der Waals surface area contributed by atoms with Crippen molar-refractivity contribution in [2.45, 2.75) is 40.2 Å². The summed E-state index contributed by atoms with van der Waals surface area (Å²) in [6, 6.07) is 0.791. The van der Waals surface area contributed by atoms with E-state index in [-0.39, 0.29) is 0 Å². The summed E-state index contributed by atoms with van der Waals surface area (Å²) in [5, 5.41) is 0. The van der Waals surface area contributed by atoms with Gasteiger partial charge in [-0.1, -0.05) is 20.8 Å². The smallest absolute Gasteiger partial charge is 0.00673 e. The van der Waals surface area contributed by atoms with Crippen molar-refractivity contribution < 1.29 is 0 Å². The molecule has 1 heterocycles. The molecular weight excluding hydrogens is 134 g/mol. The predicted molar refractivity (Wildman–Crippen MR) is 49.7 cm³/mol. The lowest BCUT2D eigenvalue weighted by molar-refractivity contribution is 0.240. The van der Waals surface area contributed by atoms with Gasteiger partial charge in [-0.25, -0.2) is 0 Å². The van der Waals surface area contributed by atoms with Gasteiger partial charge in [0.25, 0.3) is 0 Å². The molecule has 0 bridgehead atoms. The monoisotopic (exact) mass is 155 g/mol. The largest absolute Gasteiger partial charge is 0.303 e. The molecule has 1 heteroatoms. The number of hydrogen-bond acceptors (Lipinski definition) is 1. The zero-order chi connectivity index (χ0) is 8.65. The van der Waals surface area contributed by atoms with Crippen LogP contribution in [0.25, 0.3) is 0 Å². The van der Waals surface area contributed by atoms with Crippen molar-refractivity contribution in [1.82, 2.24) is 4.90 Å². The normalized spacial score (nSPS) is 34.6. The van der Waals surface area contributed by atoms with E-state index in [1.54, 1.807) is 0 Å². The van der Waals surface area contributed by atoms with Crippen LogP contribution >= 0.6 is 0 Å². The first-order valence-electron chi connectivity index (χ1n) is 4.61. The van der Waals surface area contributed by atoms with Crippen LogP contribution in [0, 0.1) is 11.3 Å². The Morgan fingerprint density at radius 2 is 1.82 bits per heavy atom. The zero-order valence-electron chi connectivity index (χ0n) is 8.52. The minimum atomic E-state index is 0.499. The van der Waals surface area contributed by atoms with Crippen molar-refractivity contribution in [3.05, 3.63) is 0 Å². The van der Waals surface area contributed by atoms with Gasteiger partial charge in [-0.05, 0) is 31.7 Å². The van der Waals surface area contributed by atoms with Gasteiger partial charge in [0.2, 0.25) is 0 Å². The van der Waals surface area contributed by atoms with Crippen LogP contribution in [0.3, 0.4) is 0 Å². The molecule has 1 nitrogen and oxygen atoms in total. The van der Waals surface area contributed by atoms with Crippen LogP contribution in [0.2, 0.25) is 0 Å². The summed E-state index contributed by atoms with van der Waals surface area (Å²) in [5.41, 5.74) is 0.499. The zero-order valence-corrected chi connectivity index (χ0v) is 8.52. The SMILES string of the molecule is CC1C[C@@H](C(C)(C)C)CN1C. The molecule has 0 spiro atoms. The van der Waals surface area contributed by atoms with Gasteiger partial charge in [0.05, 0.1) is 0 Å². The highest BCUT2D eigenvalue weighted by atomic mass is 15.1. The molecule has 0 radical (unpaired) electrons. The van der Waals surface area contributed by atoms with E-state index in [0.717, 1.165) is 12.0 Å². The van der Waals surface area contributed by atoms with Crippen molar-refractivity contribution in [3.63, 3.8) is 0 Å². The minimum Gasteiger partial charge on any atom is -0.303 e. The van der Waals surface area contributed by atoms with Gasteiger partial charge in [0.1, 0.15) is 0 Å². The molecule has 0 aliphatic carbocycles. The molecule has 1 aliphatic rings. The maximum absolute atomic E-state index is 2.47. The van der Waals surface area contributed by atoms with E-state index in [0.29, 0.717) is 5.41 Å². The van der Waals surface area contributed by atoms with Gasteiger partial charge < -0.3 is 4.90 Å². The molecule has 2 atom stereocenters. The van der Waals surface area contributed by atoms with E-state index in [2.05, 4.69) is 39.6 Å². The van der Waals surface area contributed by atoms with E-state index < -0.39 is 0 Å². The number of hydrogen-bond donors (Lipinski definition) is 0. The number of likely N-dealkylation sites (tertiary alicyclic amines) is 1. The molecule has 0 N–H and O–H groups in total. The Kier molecular flexibility index (Phi) is 2.29. The predicted octanol–water partition coefficient (Wildman–Crippen LogP) is 2.37. The van der Waals surface area contributed by atoms with Crippen LogP contribution in [0.1, 0.15) is 34.1 Å². The average molecular weight is 155 g/mol. The van der Waals surface area contributed by atoms with Crippen LogP contribution in [-0.2, 0) is 0 Å². The molecule has 0 aromatic heterocycles. The van der Waals surface area contributed by atoms with E-state index in [4.69, 9.17) is 0 Å². The van der Waals surface area contributed by atoms with Gasteiger partial charge in [-0.15, -0.1) is 0 Å². The second-order valence-corrected chi connectivity index (χ2v) is 5.09. The van der Waals surface area contributed by atoms with Crippen molar-refractivity contribution in [1.29, 1.82) is 0 Å². The topological polar surface area (TPSA) is 3.24 Å². The van der Waals surface area contributed by atoms with E-state index in [9.17, 15) is 0 Å². The summed E-state index contributed by atoms with van der Waals surface area (Å²) in [4.78, 5) is 2.47. The molecule has 11 heavy (non-hydrogen) atoms. The van der Waals surface area contributed by atoms with Gasteiger partial charge in [-0.3, -0.25) is 0 Å².